The van der Waals surface area contributed by atoms with Gasteiger partial charge in [-0.15, -0.1) is 0 Å². The van der Waals surface area contributed by atoms with Gasteiger partial charge in [-0.3, -0.25) is 4.90 Å². The zero-order valence-electron chi connectivity index (χ0n) is 12.9. The molecule has 2 unspecified atom stereocenters. The van der Waals surface area contributed by atoms with Gasteiger partial charge in [0.15, 0.2) is 0 Å². The molecule has 1 aliphatic rings. The number of likely N-dealkylation sites (tertiary alicyclic amines) is 1. The van der Waals surface area contributed by atoms with Gasteiger partial charge in [0.05, 0.1) is 0 Å². The fraction of sp³-hybridized carbons (Fsp3) is 0.647. The lowest BCUT2D eigenvalue weighted by Crippen LogP contribution is -2.37. The van der Waals surface area contributed by atoms with E-state index in [1.165, 1.54) is 31.4 Å². The maximum absolute atomic E-state index is 3.64. The third kappa shape index (κ3) is 4.31. The van der Waals surface area contributed by atoms with Gasteiger partial charge in [-0.1, -0.05) is 48.3 Å². The van der Waals surface area contributed by atoms with Crippen LogP contribution in [0.2, 0.25) is 0 Å². The topological polar surface area (TPSA) is 15.3 Å². The van der Waals surface area contributed by atoms with Crippen molar-refractivity contribution < 1.29 is 0 Å². The molecule has 1 heterocycles. The van der Waals surface area contributed by atoms with Crippen molar-refractivity contribution in [2.24, 2.45) is 5.92 Å². The van der Waals surface area contributed by atoms with Gasteiger partial charge in [-0.25, -0.2) is 0 Å². The molecule has 0 saturated carbocycles. The number of halogens is 1. The molecule has 3 heteroatoms. The quantitative estimate of drug-likeness (QED) is 0.884. The van der Waals surface area contributed by atoms with Crippen LogP contribution >= 0.6 is 15.9 Å². The van der Waals surface area contributed by atoms with Crippen molar-refractivity contribution in [1.29, 1.82) is 0 Å². The lowest BCUT2D eigenvalue weighted by molar-refractivity contribution is 0.187. The highest BCUT2D eigenvalue weighted by atomic mass is 79.9. The predicted octanol–water partition coefficient (Wildman–Crippen LogP) is 4.22. The summed E-state index contributed by atoms with van der Waals surface area (Å²) >= 11 is 3.54. The van der Waals surface area contributed by atoms with E-state index in [0.29, 0.717) is 18.0 Å². The molecule has 0 bridgehead atoms. The van der Waals surface area contributed by atoms with Gasteiger partial charge in [-0.2, -0.15) is 0 Å². The average molecular weight is 339 g/mol. The van der Waals surface area contributed by atoms with Crippen molar-refractivity contribution in [2.45, 2.75) is 45.2 Å². The summed E-state index contributed by atoms with van der Waals surface area (Å²) in [6.07, 6.45) is 3.99. The van der Waals surface area contributed by atoms with E-state index in [1.54, 1.807) is 0 Å². The lowest BCUT2D eigenvalue weighted by atomic mass is 9.89. The molecule has 1 N–H and O–H groups in total. The van der Waals surface area contributed by atoms with Crippen molar-refractivity contribution in [3.8, 4) is 0 Å². The Morgan fingerprint density at radius 3 is 2.60 bits per heavy atom. The van der Waals surface area contributed by atoms with Gasteiger partial charge in [0, 0.05) is 23.1 Å². The Kier molecular flexibility index (Phi) is 6.06. The largest absolute Gasteiger partial charge is 0.314 e. The highest BCUT2D eigenvalue weighted by Crippen LogP contribution is 2.34. The van der Waals surface area contributed by atoms with E-state index in [-0.39, 0.29) is 0 Å². The number of nitrogens with zero attached hydrogens (tertiary/aromatic N) is 1. The molecule has 2 nitrogen and oxygen atoms in total. The van der Waals surface area contributed by atoms with Crippen LogP contribution in [0.5, 0.6) is 0 Å². The molecular weight excluding hydrogens is 312 g/mol. The van der Waals surface area contributed by atoms with Crippen LogP contribution in [0.4, 0.5) is 0 Å². The number of benzene rings is 1. The summed E-state index contributed by atoms with van der Waals surface area (Å²) in [6.45, 7) is 6.78. The summed E-state index contributed by atoms with van der Waals surface area (Å²) in [4.78, 5) is 2.54. The number of rotatable bonds is 4. The van der Waals surface area contributed by atoms with Crippen LogP contribution in [0.15, 0.2) is 28.7 Å². The van der Waals surface area contributed by atoms with Crippen molar-refractivity contribution >= 4 is 15.9 Å². The summed E-state index contributed by atoms with van der Waals surface area (Å²) in [7, 11) is 2.28. The van der Waals surface area contributed by atoms with Gasteiger partial charge < -0.3 is 5.32 Å². The molecule has 0 aromatic heterocycles. The second-order valence-corrected chi connectivity index (χ2v) is 7.21. The van der Waals surface area contributed by atoms with E-state index < -0.39 is 0 Å². The minimum absolute atomic E-state index is 0.539. The molecule has 20 heavy (non-hydrogen) atoms. The smallest absolute Gasteiger partial charge is 0.0385 e. The molecule has 1 aliphatic heterocycles. The van der Waals surface area contributed by atoms with Gasteiger partial charge in [0.2, 0.25) is 0 Å². The lowest BCUT2D eigenvalue weighted by Gasteiger charge is -2.33. The minimum Gasteiger partial charge on any atom is -0.314 e. The van der Waals surface area contributed by atoms with Gasteiger partial charge in [0.1, 0.15) is 0 Å². The number of hydrogen-bond donors (Lipinski definition) is 1. The van der Waals surface area contributed by atoms with Crippen molar-refractivity contribution in [3.05, 3.63) is 34.3 Å². The Hall–Kier alpha value is -0.380. The Bertz CT molecular complexity index is 402. The standard InChI is InChI=1S/C17H27BrN2/c1-13(2)19-12-15-6-4-5-11-20(3)17(15)14-7-9-16(18)10-8-14/h7-10,13,15,17,19H,4-6,11-12H2,1-3H3. The van der Waals surface area contributed by atoms with E-state index in [9.17, 15) is 0 Å². The molecule has 2 atom stereocenters. The molecule has 2 rings (SSSR count). The Morgan fingerprint density at radius 2 is 1.95 bits per heavy atom. The molecule has 0 spiro atoms. The predicted molar refractivity (Wildman–Crippen MR) is 90.0 cm³/mol. The second kappa shape index (κ2) is 7.58. The zero-order valence-corrected chi connectivity index (χ0v) is 14.5. The van der Waals surface area contributed by atoms with Crippen LogP contribution in [0, 0.1) is 5.92 Å². The molecule has 1 aromatic rings. The molecule has 0 amide bonds. The van der Waals surface area contributed by atoms with Crippen LogP contribution in [-0.4, -0.2) is 31.1 Å². The van der Waals surface area contributed by atoms with E-state index in [0.717, 1.165) is 11.0 Å². The fourth-order valence-electron chi connectivity index (χ4n) is 3.21. The highest BCUT2D eigenvalue weighted by molar-refractivity contribution is 9.10. The van der Waals surface area contributed by atoms with Crippen molar-refractivity contribution in [2.75, 3.05) is 20.1 Å². The Morgan fingerprint density at radius 1 is 1.25 bits per heavy atom. The van der Waals surface area contributed by atoms with Crippen LogP contribution < -0.4 is 5.32 Å². The Balaban J connectivity index is 2.18. The van der Waals surface area contributed by atoms with Crippen LogP contribution in [0.1, 0.15) is 44.7 Å². The molecular formula is C17H27BrN2. The summed E-state index contributed by atoms with van der Waals surface area (Å²) in [5, 5.41) is 3.64. The van der Waals surface area contributed by atoms with Gasteiger partial charge >= 0.3 is 0 Å². The van der Waals surface area contributed by atoms with E-state index >= 15 is 0 Å². The average Bonchev–Trinajstić information content (AvgIpc) is 2.59. The van der Waals surface area contributed by atoms with Gasteiger partial charge in [-0.05, 0) is 50.0 Å². The zero-order chi connectivity index (χ0) is 14.5. The monoisotopic (exact) mass is 338 g/mol. The number of hydrogen-bond acceptors (Lipinski definition) is 2. The summed E-state index contributed by atoms with van der Waals surface area (Å²) in [5.41, 5.74) is 1.45. The van der Waals surface area contributed by atoms with E-state index in [4.69, 9.17) is 0 Å². The van der Waals surface area contributed by atoms with Crippen molar-refractivity contribution in [3.63, 3.8) is 0 Å². The minimum atomic E-state index is 0.539. The normalized spacial score (nSPS) is 24.9. The van der Waals surface area contributed by atoms with E-state index in [2.05, 4.69) is 71.3 Å². The molecule has 0 radical (unpaired) electrons. The maximum Gasteiger partial charge on any atom is 0.0385 e. The van der Waals surface area contributed by atoms with Crippen molar-refractivity contribution in [1.82, 2.24) is 10.2 Å². The molecule has 1 saturated heterocycles. The Labute approximate surface area is 132 Å². The SMILES string of the molecule is CC(C)NCC1CCCCN(C)C1c1ccc(Br)cc1. The molecule has 0 aliphatic carbocycles. The first-order valence-electron chi connectivity index (χ1n) is 7.77. The van der Waals surface area contributed by atoms with Gasteiger partial charge in [0.25, 0.3) is 0 Å². The third-order valence-corrected chi connectivity index (χ3v) is 4.79. The van der Waals surface area contributed by atoms with Crippen LogP contribution in [0.3, 0.4) is 0 Å². The summed E-state index contributed by atoms with van der Waals surface area (Å²) < 4.78 is 1.16. The first-order chi connectivity index (χ1) is 9.58. The summed E-state index contributed by atoms with van der Waals surface area (Å²) in [6, 6.07) is 9.99. The second-order valence-electron chi connectivity index (χ2n) is 6.30. The van der Waals surface area contributed by atoms with E-state index in [1.807, 2.05) is 0 Å². The van der Waals surface area contributed by atoms with Crippen LogP contribution in [-0.2, 0) is 0 Å². The fourth-order valence-corrected chi connectivity index (χ4v) is 3.48. The van der Waals surface area contributed by atoms with Crippen LogP contribution in [0.25, 0.3) is 0 Å². The third-order valence-electron chi connectivity index (χ3n) is 4.26. The number of nitrogens with one attached hydrogen (secondary N) is 1. The molecule has 1 fully saturated rings. The summed E-state index contributed by atoms with van der Waals surface area (Å²) in [5.74, 6) is 0.700. The molecule has 112 valence electrons. The first-order valence-corrected chi connectivity index (χ1v) is 8.56. The maximum atomic E-state index is 3.64. The first kappa shape index (κ1) is 16.0. The molecule has 1 aromatic carbocycles. The highest BCUT2D eigenvalue weighted by Gasteiger charge is 2.28.